The van der Waals surface area contributed by atoms with Crippen molar-refractivity contribution in [2.24, 2.45) is 11.3 Å². The number of carboxylic acid groups (broad SMARTS) is 1. The minimum absolute atomic E-state index is 0.0428. The topological polar surface area (TPSA) is 60.9 Å². The number of hydrogen-bond donors (Lipinski definition) is 1. The van der Waals surface area contributed by atoms with Crippen molar-refractivity contribution < 1.29 is 14.7 Å². The quantitative estimate of drug-likeness (QED) is 0.885. The van der Waals surface area contributed by atoms with Gasteiger partial charge in [0.1, 0.15) is 6.04 Å². The summed E-state index contributed by atoms with van der Waals surface area (Å²) >= 11 is 0. The number of carbonyl (C=O) groups excluding carboxylic acids is 1. The highest BCUT2D eigenvalue weighted by Gasteiger charge is 2.49. The first kappa shape index (κ1) is 18.5. The summed E-state index contributed by atoms with van der Waals surface area (Å²) < 4.78 is 0. The van der Waals surface area contributed by atoms with Crippen LogP contribution in [0.15, 0.2) is 18.2 Å². The molecule has 1 aromatic carbocycles. The summed E-state index contributed by atoms with van der Waals surface area (Å²) in [4.78, 5) is 28.5. The lowest BCUT2D eigenvalue weighted by molar-refractivity contribution is -0.142. The molecule has 1 unspecified atom stereocenters. The Morgan fingerprint density at radius 3 is 2.52 bits per heavy atom. The van der Waals surface area contributed by atoms with Crippen LogP contribution in [-0.2, 0) is 16.1 Å². The first-order valence-corrected chi connectivity index (χ1v) is 10.2. The molecule has 1 amide bonds. The van der Waals surface area contributed by atoms with Crippen molar-refractivity contribution in [1.82, 2.24) is 9.80 Å². The number of rotatable bonds is 4. The van der Waals surface area contributed by atoms with Crippen LogP contribution in [-0.4, -0.2) is 52.5 Å². The third-order valence-corrected chi connectivity index (χ3v) is 6.83. The van der Waals surface area contributed by atoms with E-state index in [4.69, 9.17) is 0 Å². The zero-order valence-corrected chi connectivity index (χ0v) is 16.4. The van der Waals surface area contributed by atoms with Gasteiger partial charge in [0.25, 0.3) is 0 Å². The number of piperidine rings is 1. The van der Waals surface area contributed by atoms with Gasteiger partial charge in [-0.25, -0.2) is 0 Å². The lowest BCUT2D eigenvalue weighted by atomic mass is 9.76. The van der Waals surface area contributed by atoms with Crippen LogP contribution in [0.25, 0.3) is 0 Å². The molecule has 27 heavy (non-hydrogen) atoms. The molecule has 2 aliphatic heterocycles. The maximum absolute atomic E-state index is 12.3. The van der Waals surface area contributed by atoms with E-state index in [-0.39, 0.29) is 11.3 Å². The number of nitrogens with zero attached hydrogens (tertiary/aromatic N) is 2. The van der Waals surface area contributed by atoms with Crippen LogP contribution in [0.3, 0.4) is 0 Å². The van der Waals surface area contributed by atoms with Crippen LogP contribution in [0.4, 0.5) is 0 Å². The molecule has 1 aliphatic carbocycles. The van der Waals surface area contributed by atoms with Crippen molar-refractivity contribution in [2.75, 3.05) is 19.6 Å². The largest absolute Gasteiger partial charge is 0.480 e. The van der Waals surface area contributed by atoms with E-state index in [9.17, 15) is 14.7 Å². The molecule has 5 nitrogen and oxygen atoms in total. The predicted octanol–water partition coefficient (Wildman–Crippen LogP) is 2.98. The number of benzene rings is 1. The molecule has 4 rings (SSSR count). The van der Waals surface area contributed by atoms with Crippen LogP contribution in [0.1, 0.15) is 48.8 Å². The second-order valence-electron chi connectivity index (χ2n) is 8.99. The molecule has 0 radical (unpaired) electrons. The minimum atomic E-state index is -0.714. The van der Waals surface area contributed by atoms with Gasteiger partial charge in [-0.1, -0.05) is 23.8 Å². The molecule has 3 aliphatic rings. The van der Waals surface area contributed by atoms with Crippen molar-refractivity contribution in [3.63, 3.8) is 0 Å². The number of aryl methyl sites for hydroxylation is 2. The zero-order valence-electron chi connectivity index (χ0n) is 16.4. The Morgan fingerprint density at radius 1 is 1.19 bits per heavy atom. The lowest BCUT2D eigenvalue weighted by Gasteiger charge is -2.39. The summed E-state index contributed by atoms with van der Waals surface area (Å²) in [6.45, 7) is 7.27. The van der Waals surface area contributed by atoms with Gasteiger partial charge in [0.2, 0.25) is 5.91 Å². The third kappa shape index (κ3) is 3.75. The van der Waals surface area contributed by atoms with Gasteiger partial charge in [0.15, 0.2) is 0 Å². The predicted molar refractivity (Wildman–Crippen MR) is 103 cm³/mol. The van der Waals surface area contributed by atoms with E-state index in [2.05, 4.69) is 36.9 Å². The monoisotopic (exact) mass is 370 g/mol. The maximum atomic E-state index is 12.3. The second kappa shape index (κ2) is 6.93. The number of aliphatic carboxylic acids is 1. The molecule has 1 spiro atoms. The molecule has 5 heteroatoms. The van der Waals surface area contributed by atoms with Gasteiger partial charge in [-0.2, -0.15) is 0 Å². The molecular weight excluding hydrogens is 340 g/mol. The molecule has 1 aromatic rings. The third-order valence-electron chi connectivity index (χ3n) is 6.83. The van der Waals surface area contributed by atoms with Crippen molar-refractivity contribution in [3.05, 3.63) is 34.9 Å². The Labute approximate surface area is 161 Å². The fourth-order valence-corrected chi connectivity index (χ4v) is 4.90. The van der Waals surface area contributed by atoms with Gasteiger partial charge < -0.3 is 10.0 Å². The van der Waals surface area contributed by atoms with Crippen LogP contribution < -0.4 is 0 Å². The molecule has 1 saturated carbocycles. The summed E-state index contributed by atoms with van der Waals surface area (Å²) in [5.41, 5.74) is 3.69. The van der Waals surface area contributed by atoms with Crippen molar-refractivity contribution in [2.45, 2.75) is 58.5 Å². The molecular formula is C22H30N2O3. The number of carboxylic acids is 1. The highest BCUT2D eigenvalue weighted by Crippen LogP contribution is 2.45. The SMILES string of the molecule is Cc1ccc(C)c(CN2CC3(CCN(C(=O)C4CC4)CC3)CC2C(=O)O)c1. The highest BCUT2D eigenvalue weighted by molar-refractivity contribution is 5.81. The molecule has 146 valence electrons. The van der Waals surface area contributed by atoms with E-state index in [1.165, 1.54) is 16.7 Å². The van der Waals surface area contributed by atoms with Gasteiger partial charge in [-0.3, -0.25) is 14.5 Å². The van der Waals surface area contributed by atoms with E-state index < -0.39 is 12.0 Å². The normalized spacial score (nSPS) is 25.1. The molecule has 1 atom stereocenters. The molecule has 2 saturated heterocycles. The average Bonchev–Trinajstić information content (AvgIpc) is 3.42. The van der Waals surface area contributed by atoms with E-state index in [0.717, 1.165) is 45.3 Å². The molecule has 1 N–H and O–H groups in total. The van der Waals surface area contributed by atoms with Gasteiger partial charge in [0.05, 0.1) is 0 Å². The van der Waals surface area contributed by atoms with Crippen molar-refractivity contribution >= 4 is 11.9 Å². The van der Waals surface area contributed by atoms with Crippen LogP contribution >= 0.6 is 0 Å². The van der Waals surface area contributed by atoms with Crippen molar-refractivity contribution in [1.29, 1.82) is 0 Å². The highest BCUT2D eigenvalue weighted by atomic mass is 16.4. The number of carbonyl (C=O) groups is 2. The fraction of sp³-hybridized carbons (Fsp3) is 0.636. The van der Waals surface area contributed by atoms with E-state index >= 15 is 0 Å². The van der Waals surface area contributed by atoms with E-state index in [1.54, 1.807) is 0 Å². The van der Waals surface area contributed by atoms with Crippen molar-refractivity contribution in [3.8, 4) is 0 Å². The summed E-state index contributed by atoms with van der Waals surface area (Å²) in [6, 6.07) is 5.98. The fourth-order valence-electron chi connectivity index (χ4n) is 4.90. The lowest BCUT2D eigenvalue weighted by Crippen LogP contribution is -2.44. The molecule has 0 bridgehead atoms. The van der Waals surface area contributed by atoms with Gasteiger partial charge in [-0.05, 0) is 62.5 Å². The van der Waals surface area contributed by atoms with E-state index in [1.807, 2.05) is 4.90 Å². The first-order valence-electron chi connectivity index (χ1n) is 10.2. The molecule has 3 fully saturated rings. The van der Waals surface area contributed by atoms with E-state index in [0.29, 0.717) is 18.9 Å². The number of hydrogen-bond acceptors (Lipinski definition) is 3. The Kier molecular flexibility index (Phi) is 4.75. The second-order valence-corrected chi connectivity index (χ2v) is 8.99. The smallest absolute Gasteiger partial charge is 0.320 e. The Balaban J connectivity index is 1.46. The van der Waals surface area contributed by atoms with Gasteiger partial charge >= 0.3 is 5.97 Å². The van der Waals surface area contributed by atoms with Crippen LogP contribution in [0.2, 0.25) is 0 Å². The Hall–Kier alpha value is -1.88. The van der Waals surface area contributed by atoms with Gasteiger partial charge in [0, 0.05) is 32.1 Å². The standard InChI is InChI=1S/C22H30N2O3/c1-15-3-4-16(2)18(11-15)13-24-14-22(12-19(24)21(26)27)7-9-23(10-8-22)20(25)17-5-6-17/h3-4,11,17,19H,5-10,12-14H2,1-2H3,(H,26,27). The summed E-state index contributed by atoms with van der Waals surface area (Å²) in [7, 11) is 0. The first-order chi connectivity index (χ1) is 12.9. The summed E-state index contributed by atoms with van der Waals surface area (Å²) in [5.74, 6) is -0.117. The Morgan fingerprint density at radius 2 is 1.89 bits per heavy atom. The number of amides is 1. The molecule has 2 heterocycles. The maximum Gasteiger partial charge on any atom is 0.320 e. The number of likely N-dealkylation sites (tertiary alicyclic amines) is 2. The summed E-state index contributed by atoms with van der Waals surface area (Å²) in [5, 5.41) is 9.81. The van der Waals surface area contributed by atoms with Crippen LogP contribution in [0.5, 0.6) is 0 Å². The minimum Gasteiger partial charge on any atom is -0.480 e. The van der Waals surface area contributed by atoms with Gasteiger partial charge in [-0.15, -0.1) is 0 Å². The average molecular weight is 370 g/mol. The van der Waals surface area contributed by atoms with Crippen LogP contribution in [0, 0.1) is 25.2 Å². The zero-order chi connectivity index (χ0) is 19.2. The summed E-state index contributed by atoms with van der Waals surface area (Å²) in [6.07, 6.45) is 4.66. The Bertz CT molecular complexity index is 748. The molecule has 0 aromatic heterocycles.